The van der Waals surface area contributed by atoms with Gasteiger partial charge in [-0.05, 0) is 12.8 Å². The summed E-state index contributed by atoms with van der Waals surface area (Å²) in [5.74, 6) is 0.824. The molecular weight excluding hydrogens is 300 g/mol. The lowest BCUT2D eigenvalue weighted by atomic mass is 9.99. The van der Waals surface area contributed by atoms with E-state index in [9.17, 15) is 0 Å². The molecule has 128 valence electrons. The molecule has 0 amide bonds. The Morgan fingerprint density at radius 1 is 1.23 bits per heavy atom. The van der Waals surface area contributed by atoms with Crippen LogP contribution in [0.3, 0.4) is 0 Å². The Hall–Kier alpha value is -1.14. The summed E-state index contributed by atoms with van der Waals surface area (Å²) in [5, 5.41) is 0. The van der Waals surface area contributed by atoms with Gasteiger partial charge in [-0.3, -0.25) is 0 Å². The van der Waals surface area contributed by atoms with Crippen LogP contribution >= 0.6 is 0 Å². The standard InChI is InChI=1S/C15H27N2.CH4O3S/c1-5-7-8-14(6-2)13-17-11-9-15(10-12-17)16(3)4;1-5(2,3)4/h9-12,14H,5-8,13H2,1-4H3;1H3,(H,2,3,4)/q+1;/p-1. The summed E-state index contributed by atoms with van der Waals surface area (Å²) in [7, 11) is 0.242. The summed E-state index contributed by atoms with van der Waals surface area (Å²) >= 11 is 0. The number of unbranched alkanes of at least 4 members (excludes halogenated alkanes) is 1. The molecule has 5 nitrogen and oxygen atoms in total. The lowest BCUT2D eigenvalue weighted by Gasteiger charge is -2.13. The van der Waals surface area contributed by atoms with Gasteiger partial charge in [0.05, 0.1) is 10.1 Å². The van der Waals surface area contributed by atoms with Crippen molar-refractivity contribution in [2.24, 2.45) is 5.92 Å². The molecule has 0 N–H and O–H groups in total. The SMILES string of the molecule is CCCCC(CC)C[n+]1ccc(N(C)C)cc1.CS(=O)(=O)[O-]. The number of pyridine rings is 1. The molecule has 1 unspecified atom stereocenters. The topological polar surface area (TPSA) is 64.3 Å². The highest BCUT2D eigenvalue weighted by Crippen LogP contribution is 2.13. The molecule has 1 heterocycles. The maximum atomic E-state index is 9.08. The first-order chi connectivity index (χ1) is 10.2. The normalized spacial score (nSPS) is 12.3. The molecule has 0 fully saturated rings. The minimum atomic E-state index is -3.92. The second-order valence-corrected chi connectivity index (χ2v) is 7.18. The van der Waals surface area contributed by atoms with Crippen LogP contribution in [0.25, 0.3) is 0 Å². The van der Waals surface area contributed by atoms with Crippen molar-refractivity contribution in [1.29, 1.82) is 0 Å². The van der Waals surface area contributed by atoms with Crippen LogP contribution in [0, 0.1) is 5.92 Å². The molecule has 1 aromatic rings. The molecule has 0 radical (unpaired) electrons. The molecule has 0 saturated heterocycles. The van der Waals surface area contributed by atoms with Crippen molar-refractivity contribution in [2.45, 2.75) is 46.1 Å². The summed E-state index contributed by atoms with van der Waals surface area (Å²) in [4.78, 5) is 2.14. The predicted molar refractivity (Wildman–Crippen MR) is 89.9 cm³/mol. The molecule has 1 aromatic heterocycles. The Morgan fingerprint density at radius 3 is 2.09 bits per heavy atom. The highest BCUT2D eigenvalue weighted by Gasteiger charge is 2.11. The molecule has 0 aromatic carbocycles. The molecule has 0 aliphatic rings. The molecular formula is C16H30N2O3S. The van der Waals surface area contributed by atoms with Gasteiger partial charge in [0.2, 0.25) is 0 Å². The van der Waals surface area contributed by atoms with Crippen molar-refractivity contribution in [1.82, 2.24) is 0 Å². The van der Waals surface area contributed by atoms with E-state index in [-0.39, 0.29) is 0 Å². The minimum absolute atomic E-state index is 0.604. The first kappa shape index (κ1) is 20.9. The maximum absolute atomic E-state index is 9.08. The fraction of sp³-hybridized carbons (Fsp3) is 0.688. The predicted octanol–water partition coefficient (Wildman–Crippen LogP) is 2.42. The van der Waals surface area contributed by atoms with E-state index in [1.54, 1.807) is 0 Å². The van der Waals surface area contributed by atoms with Crippen LogP contribution in [0.5, 0.6) is 0 Å². The highest BCUT2D eigenvalue weighted by atomic mass is 32.2. The number of nitrogens with zero attached hydrogens (tertiary/aromatic N) is 2. The Morgan fingerprint density at radius 2 is 1.73 bits per heavy atom. The Balaban J connectivity index is 0.000000763. The van der Waals surface area contributed by atoms with E-state index in [0.717, 1.165) is 12.5 Å². The van der Waals surface area contributed by atoms with Gasteiger partial charge in [-0.25, -0.2) is 13.0 Å². The first-order valence-electron chi connectivity index (χ1n) is 7.74. The van der Waals surface area contributed by atoms with Crippen molar-refractivity contribution in [2.75, 3.05) is 25.3 Å². The van der Waals surface area contributed by atoms with Gasteiger partial charge < -0.3 is 9.45 Å². The van der Waals surface area contributed by atoms with Crippen molar-refractivity contribution < 1.29 is 17.5 Å². The van der Waals surface area contributed by atoms with Crippen LogP contribution in [-0.4, -0.2) is 33.3 Å². The zero-order valence-corrected chi connectivity index (χ0v) is 15.3. The van der Waals surface area contributed by atoms with E-state index in [2.05, 4.69) is 61.9 Å². The van der Waals surface area contributed by atoms with E-state index in [1.807, 2.05) is 0 Å². The molecule has 1 rings (SSSR count). The zero-order chi connectivity index (χ0) is 17.2. The second-order valence-electron chi connectivity index (χ2n) is 5.77. The molecule has 1 atom stereocenters. The number of aromatic nitrogens is 1. The lowest BCUT2D eigenvalue weighted by molar-refractivity contribution is -0.703. The minimum Gasteiger partial charge on any atom is -0.748 e. The van der Waals surface area contributed by atoms with E-state index < -0.39 is 10.1 Å². The fourth-order valence-electron chi connectivity index (χ4n) is 2.08. The third kappa shape index (κ3) is 11.5. The van der Waals surface area contributed by atoms with Crippen LogP contribution in [0.2, 0.25) is 0 Å². The Labute approximate surface area is 135 Å². The monoisotopic (exact) mass is 330 g/mol. The van der Waals surface area contributed by atoms with Crippen molar-refractivity contribution in [3.05, 3.63) is 24.5 Å². The number of rotatable bonds is 7. The lowest BCUT2D eigenvalue weighted by Crippen LogP contribution is -2.36. The molecule has 0 spiro atoms. The highest BCUT2D eigenvalue weighted by molar-refractivity contribution is 7.84. The van der Waals surface area contributed by atoms with Gasteiger partial charge in [-0.15, -0.1) is 0 Å². The number of anilines is 1. The van der Waals surface area contributed by atoms with Crippen molar-refractivity contribution in [3.63, 3.8) is 0 Å². The van der Waals surface area contributed by atoms with Crippen LogP contribution in [0.4, 0.5) is 5.69 Å². The van der Waals surface area contributed by atoms with Crippen molar-refractivity contribution in [3.8, 4) is 0 Å². The van der Waals surface area contributed by atoms with Crippen molar-refractivity contribution >= 4 is 15.8 Å². The smallest absolute Gasteiger partial charge is 0.170 e. The Bertz CT molecular complexity index is 491. The van der Waals surface area contributed by atoms with Gasteiger partial charge in [-0.1, -0.05) is 26.7 Å². The second kappa shape index (κ2) is 10.6. The van der Waals surface area contributed by atoms with E-state index >= 15 is 0 Å². The summed E-state index contributed by atoms with van der Waals surface area (Å²) in [5.41, 5.74) is 1.27. The molecule has 0 aliphatic carbocycles. The summed E-state index contributed by atoms with van der Waals surface area (Å²) in [6.45, 7) is 5.73. The van der Waals surface area contributed by atoms with Gasteiger partial charge >= 0.3 is 0 Å². The fourth-order valence-corrected chi connectivity index (χ4v) is 2.08. The van der Waals surface area contributed by atoms with Gasteiger partial charge in [0.25, 0.3) is 0 Å². The molecule has 22 heavy (non-hydrogen) atoms. The maximum Gasteiger partial charge on any atom is 0.170 e. The van der Waals surface area contributed by atoms with E-state index in [4.69, 9.17) is 13.0 Å². The van der Waals surface area contributed by atoms with Gasteiger partial charge in [0.15, 0.2) is 18.9 Å². The third-order valence-corrected chi connectivity index (χ3v) is 3.40. The van der Waals surface area contributed by atoms with Gasteiger partial charge in [-0.2, -0.15) is 0 Å². The molecule has 0 saturated carbocycles. The van der Waals surface area contributed by atoms with Crippen LogP contribution < -0.4 is 9.47 Å². The third-order valence-electron chi connectivity index (χ3n) is 3.40. The van der Waals surface area contributed by atoms with E-state index in [0.29, 0.717) is 6.26 Å². The summed E-state index contributed by atoms with van der Waals surface area (Å²) in [6.07, 6.45) is 10.3. The van der Waals surface area contributed by atoms with Crippen LogP contribution in [0.1, 0.15) is 39.5 Å². The zero-order valence-electron chi connectivity index (χ0n) is 14.4. The largest absolute Gasteiger partial charge is 0.748 e. The summed E-state index contributed by atoms with van der Waals surface area (Å²) in [6, 6.07) is 4.37. The van der Waals surface area contributed by atoms with Gasteiger partial charge in [0.1, 0.15) is 0 Å². The average molecular weight is 330 g/mol. The van der Waals surface area contributed by atoms with E-state index in [1.165, 1.54) is 31.4 Å². The average Bonchev–Trinajstić information content (AvgIpc) is 2.42. The first-order valence-corrected chi connectivity index (χ1v) is 9.56. The Kier molecular flexibility index (Phi) is 10.0. The number of hydrogen-bond donors (Lipinski definition) is 0. The summed E-state index contributed by atoms with van der Waals surface area (Å²) < 4.78 is 29.5. The molecule has 0 bridgehead atoms. The molecule has 6 heteroatoms. The van der Waals surface area contributed by atoms with Crippen LogP contribution in [-0.2, 0) is 16.7 Å². The molecule has 0 aliphatic heterocycles. The van der Waals surface area contributed by atoms with Crippen LogP contribution in [0.15, 0.2) is 24.5 Å². The quantitative estimate of drug-likeness (QED) is 0.569. The van der Waals surface area contributed by atoms with Gasteiger partial charge in [0, 0.05) is 44.1 Å². The number of hydrogen-bond acceptors (Lipinski definition) is 4.